The first-order valence-corrected chi connectivity index (χ1v) is 4.23. The van der Waals surface area contributed by atoms with Gasteiger partial charge in [0.1, 0.15) is 0 Å². The lowest BCUT2D eigenvalue weighted by atomic mass is 10.2. The average Bonchev–Trinajstić information content (AvgIpc) is 2.26. The number of benzene rings is 1. The minimum atomic E-state index is -0.651. The quantitative estimate of drug-likeness (QED) is 0.547. The highest BCUT2D eigenvalue weighted by Gasteiger charge is 2.24. The number of carbonyl (C=O) groups excluding carboxylic acids is 1. The smallest absolute Gasteiger partial charge is 0.317 e. The second-order valence-electron chi connectivity index (χ2n) is 3.03. The van der Waals surface area contributed by atoms with Gasteiger partial charge < -0.3 is 14.9 Å². The van der Waals surface area contributed by atoms with Crippen molar-refractivity contribution in [3.05, 3.63) is 22.2 Å². The lowest BCUT2D eigenvalue weighted by Crippen LogP contribution is -2.25. The van der Waals surface area contributed by atoms with Crippen molar-refractivity contribution in [1.82, 2.24) is 0 Å². The van der Waals surface area contributed by atoms with Crippen molar-refractivity contribution >= 4 is 17.3 Å². The Kier molecular flexibility index (Phi) is 2.33. The summed E-state index contributed by atoms with van der Waals surface area (Å²) >= 11 is 0. The van der Waals surface area contributed by atoms with Crippen LogP contribution in [0.2, 0.25) is 0 Å². The molecule has 0 radical (unpaired) electrons. The van der Waals surface area contributed by atoms with E-state index in [0.717, 1.165) is 6.07 Å². The fourth-order valence-electron chi connectivity index (χ4n) is 1.33. The van der Waals surface area contributed by atoms with Crippen molar-refractivity contribution in [3.8, 4) is 11.5 Å². The summed E-state index contributed by atoms with van der Waals surface area (Å²) in [4.78, 5) is 25.4. The Morgan fingerprint density at radius 2 is 2.31 bits per heavy atom. The van der Waals surface area contributed by atoms with Crippen LogP contribution in [0.3, 0.4) is 0 Å². The van der Waals surface area contributed by atoms with E-state index in [-0.39, 0.29) is 29.7 Å². The molecule has 0 bridgehead atoms. The number of rotatable bonds is 2. The highest BCUT2D eigenvalue weighted by atomic mass is 16.6. The van der Waals surface area contributed by atoms with Crippen molar-refractivity contribution < 1.29 is 19.3 Å². The number of nitro groups is 1. The Labute approximate surface area is 89.0 Å². The zero-order valence-electron chi connectivity index (χ0n) is 7.93. The molecule has 0 aliphatic carbocycles. The Bertz CT molecular complexity index is 473. The summed E-state index contributed by atoms with van der Waals surface area (Å²) in [6, 6.07) is 2.39. The van der Waals surface area contributed by atoms with Crippen molar-refractivity contribution in [1.29, 1.82) is 0 Å². The summed E-state index contributed by atoms with van der Waals surface area (Å²) in [5.74, 6) is 4.63. The van der Waals surface area contributed by atoms with Gasteiger partial charge in [-0.05, 0) is 0 Å². The molecule has 8 heteroatoms. The largest absolute Gasteiger partial charge is 0.481 e. The topological polar surface area (TPSA) is 117 Å². The number of nitrogens with zero attached hydrogens (tertiary/aromatic N) is 1. The second kappa shape index (κ2) is 3.66. The summed E-state index contributed by atoms with van der Waals surface area (Å²) < 4.78 is 5.01. The van der Waals surface area contributed by atoms with Crippen LogP contribution >= 0.6 is 0 Å². The number of fused-ring (bicyclic) bond motifs is 1. The fraction of sp³-hybridized carbons (Fsp3) is 0.125. The minimum absolute atomic E-state index is 0.144. The van der Waals surface area contributed by atoms with E-state index in [4.69, 9.17) is 10.6 Å². The van der Waals surface area contributed by atoms with E-state index in [9.17, 15) is 14.9 Å². The van der Waals surface area contributed by atoms with Crippen LogP contribution < -0.4 is 20.8 Å². The molecule has 1 aromatic rings. The van der Waals surface area contributed by atoms with E-state index in [2.05, 4.69) is 10.2 Å². The first-order valence-electron chi connectivity index (χ1n) is 4.23. The highest BCUT2D eigenvalue weighted by Crippen LogP contribution is 2.38. The zero-order chi connectivity index (χ0) is 11.7. The van der Waals surface area contributed by atoms with Crippen molar-refractivity contribution in [3.63, 3.8) is 0 Å². The lowest BCUT2D eigenvalue weighted by Gasteiger charge is -2.17. The van der Waals surface area contributed by atoms with E-state index in [0.29, 0.717) is 5.69 Å². The fourth-order valence-corrected chi connectivity index (χ4v) is 1.33. The third kappa shape index (κ3) is 1.61. The molecule has 1 aromatic carbocycles. The number of ether oxygens (including phenoxy) is 1. The van der Waals surface area contributed by atoms with E-state index in [1.54, 1.807) is 0 Å². The average molecular weight is 225 g/mol. The summed E-state index contributed by atoms with van der Waals surface area (Å²) in [6.07, 6.45) is 0. The molecule has 0 unspecified atom stereocenters. The predicted octanol–water partition coefficient (Wildman–Crippen LogP) is 0.178. The van der Waals surface area contributed by atoms with Gasteiger partial charge in [-0.3, -0.25) is 14.9 Å². The molecule has 1 aliphatic rings. The Hall–Kier alpha value is -2.35. The van der Waals surface area contributed by atoms with Gasteiger partial charge in [-0.15, -0.1) is 0 Å². The number of hydrogen-bond acceptors (Lipinski definition) is 6. The van der Waals surface area contributed by atoms with Crippen LogP contribution in [-0.4, -0.2) is 17.4 Å². The van der Waals surface area contributed by atoms with Crippen LogP contribution in [0.1, 0.15) is 0 Å². The third-order valence-corrected chi connectivity index (χ3v) is 2.02. The number of anilines is 1. The molecule has 3 N–H and O–H groups in total. The molecule has 0 saturated heterocycles. The molecule has 1 amide bonds. The summed E-state index contributed by atoms with van der Waals surface area (Å²) in [7, 11) is 0. The van der Waals surface area contributed by atoms with Crippen LogP contribution in [0.5, 0.6) is 11.5 Å². The molecule has 2 rings (SSSR count). The van der Waals surface area contributed by atoms with Crippen LogP contribution in [0.15, 0.2) is 12.1 Å². The van der Waals surface area contributed by atoms with E-state index < -0.39 is 4.92 Å². The van der Waals surface area contributed by atoms with Gasteiger partial charge in [-0.25, -0.2) is 0 Å². The third-order valence-electron chi connectivity index (χ3n) is 2.02. The molecular weight excluding hydrogens is 218 g/mol. The van der Waals surface area contributed by atoms with Crippen molar-refractivity contribution in [2.24, 2.45) is 5.90 Å². The standard InChI is InChI=1S/C8H7N3O5/c9-16-7-1-4-6(2-5(7)11(13)14)15-3-8(12)10-4/h1-2H,3,9H2,(H,10,12). The number of nitrogens with one attached hydrogen (secondary N) is 1. The van der Waals surface area contributed by atoms with Crippen molar-refractivity contribution in [2.75, 3.05) is 11.9 Å². The van der Waals surface area contributed by atoms with E-state index in [1.165, 1.54) is 6.07 Å². The molecule has 8 nitrogen and oxygen atoms in total. The van der Waals surface area contributed by atoms with E-state index >= 15 is 0 Å². The molecule has 0 fully saturated rings. The van der Waals surface area contributed by atoms with Crippen LogP contribution in [0.25, 0.3) is 0 Å². The summed E-state index contributed by atoms with van der Waals surface area (Å²) in [5, 5.41) is 13.1. The number of nitrogens with two attached hydrogens (primary N) is 1. The maximum atomic E-state index is 11.0. The number of hydrogen-bond donors (Lipinski definition) is 2. The van der Waals surface area contributed by atoms with Gasteiger partial charge in [0.25, 0.3) is 5.91 Å². The molecular formula is C8H7N3O5. The van der Waals surface area contributed by atoms with Crippen molar-refractivity contribution in [2.45, 2.75) is 0 Å². The highest BCUT2D eigenvalue weighted by molar-refractivity contribution is 5.96. The molecule has 1 heterocycles. The van der Waals surface area contributed by atoms with Crippen LogP contribution in [0, 0.1) is 10.1 Å². The maximum absolute atomic E-state index is 11.0. The zero-order valence-corrected chi connectivity index (χ0v) is 7.93. The van der Waals surface area contributed by atoms with Crippen LogP contribution in [0.4, 0.5) is 11.4 Å². The lowest BCUT2D eigenvalue weighted by molar-refractivity contribution is -0.386. The molecule has 0 atom stereocenters. The molecule has 84 valence electrons. The van der Waals surface area contributed by atoms with Gasteiger partial charge in [-0.1, -0.05) is 0 Å². The SMILES string of the molecule is NOc1cc2c(cc1[N+](=O)[O-])OCC(=O)N2. The predicted molar refractivity (Wildman–Crippen MR) is 52.0 cm³/mol. The maximum Gasteiger partial charge on any atom is 0.317 e. The molecule has 16 heavy (non-hydrogen) atoms. The van der Waals surface area contributed by atoms with Crippen LogP contribution in [-0.2, 0) is 4.79 Å². The van der Waals surface area contributed by atoms with Gasteiger partial charge in [0.05, 0.1) is 16.7 Å². The monoisotopic (exact) mass is 225 g/mol. The molecule has 1 aliphatic heterocycles. The second-order valence-corrected chi connectivity index (χ2v) is 3.03. The number of nitro benzene ring substituents is 1. The number of carbonyl (C=O) groups is 1. The molecule has 0 saturated carbocycles. The summed E-state index contributed by atoms with van der Waals surface area (Å²) in [5.41, 5.74) is -0.0281. The number of amides is 1. The minimum Gasteiger partial charge on any atom is -0.481 e. The molecule has 0 aromatic heterocycles. The Morgan fingerprint density at radius 1 is 1.56 bits per heavy atom. The Morgan fingerprint density at radius 3 is 2.94 bits per heavy atom. The Balaban J connectivity index is 2.52. The molecule has 0 spiro atoms. The van der Waals surface area contributed by atoms with Gasteiger partial charge in [0.15, 0.2) is 12.4 Å². The first-order chi connectivity index (χ1) is 7.61. The first kappa shape index (κ1) is 10.2. The van der Waals surface area contributed by atoms with Gasteiger partial charge >= 0.3 is 5.69 Å². The van der Waals surface area contributed by atoms with Gasteiger partial charge in [0, 0.05) is 6.07 Å². The van der Waals surface area contributed by atoms with E-state index in [1.807, 2.05) is 0 Å². The summed E-state index contributed by atoms with van der Waals surface area (Å²) in [6.45, 7) is -0.174. The van der Waals surface area contributed by atoms with Gasteiger partial charge in [0.2, 0.25) is 5.75 Å². The normalized spacial score (nSPS) is 13.4. The van der Waals surface area contributed by atoms with Gasteiger partial charge in [-0.2, -0.15) is 5.90 Å².